The van der Waals surface area contributed by atoms with Crippen molar-refractivity contribution in [1.29, 1.82) is 0 Å². The second-order valence-electron chi connectivity index (χ2n) is 6.23. The van der Waals surface area contributed by atoms with Gasteiger partial charge in [-0.3, -0.25) is 15.6 Å². The van der Waals surface area contributed by atoms with Gasteiger partial charge in [-0.25, -0.2) is 4.68 Å². The van der Waals surface area contributed by atoms with E-state index in [1.807, 2.05) is 38.1 Å². The summed E-state index contributed by atoms with van der Waals surface area (Å²) in [5, 5.41) is 4.27. The SMILES string of the molecule is CCc1c(C(=O)NNc2ccccc2C(F)(F)F)cnn1-c1ccc(C)cc1. The molecule has 0 saturated heterocycles. The van der Waals surface area contributed by atoms with Crippen LogP contribution in [-0.4, -0.2) is 15.7 Å². The largest absolute Gasteiger partial charge is 0.418 e. The van der Waals surface area contributed by atoms with Gasteiger partial charge in [0.2, 0.25) is 0 Å². The first-order chi connectivity index (χ1) is 13.3. The van der Waals surface area contributed by atoms with Crippen molar-refractivity contribution >= 4 is 11.6 Å². The summed E-state index contributed by atoms with van der Waals surface area (Å²) in [7, 11) is 0. The third-order valence-corrected chi connectivity index (χ3v) is 4.27. The zero-order chi connectivity index (χ0) is 20.3. The summed E-state index contributed by atoms with van der Waals surface area (Å²) in [5.74, 6) is -0.563. The highest BCUT2D eigenvalue weighted by molar-refractivity contribution is 5.96. The average Bonchev–Trinajstić information content (AvgIpc) is 3.10. The van der Waals surface area contributed by atoms with Crippen molar-refractivity contribution in [2.75, 3.05) is 5.43 Å². The summed E-state index contributed by atoms with van der Waals surface area (Å²) in [6, 6.07) is 12.6. The van der Waals surface area contributed by atoms with Gasteiger partial charge in [-0.1, -0.05) is 36.8 Å². The third kappa shape index (κ3) is 4.00. The Kier molecular flexibility index (Phi) is 5.39. The lowest BCUT2D eigenvalue weighted by Crippen LogP contribution is -2.31. The number of benzene rings is 2. The summed E-state index contributed by atoms with van der Waals surface area (Å²) in [6.07, 6.45) is -2.60. The lowest BCUT2D eigenvalue weighted by molar-refractivity contribution is -0.137. The standard InChI is InChI=1S/C20H19F3N4O/c1-3-18-15(12-24-27(18)14-10-8-13(2)9-11-14)19(28)26-25-17-7-5-4-6-16(17)20(21,22)23/h4-12,25H,3H2,1-2H3,(H,26,28). The van der Waals surface area contributed by atoms with Crippen LogP contribution in [0.1, 0.15) is 34.1 Å². The third-order valence-electron chi connectivity index (χ3n) is 4.27. The monoisotopic (exact) mass is 388 g/mol. The molecule has 8 heteroatoms. The Labute approximate surface area is 160 Å². The van der Waals surface area contributed by atoms with Gasteiger partial charge >= 0.3 is 6.18 Å². The van der Waals surface area contributed by atoms with E-state index in [1.165, 1.54) is 24.4 Å². The number of amides is 1. The molecule has 2 aromatic carbocycles. The molecule has 1 amide bonds. The van der Waals surface area contributed by atoms with Crippen molar-refractivity contribution in [2.24, 2.45) is 0 Å². The number of aromatic nitrogens is 2. The minimum atomic E-state index is -4.53. The molecule has 0 unspecified atom stereocenters. The second kappa shape index (κ2) is 7.75. The van der Waals surface area contributed by atoms with E-state index in [1.54, 1.807) is 4.68 Å². The molecule has 3 rings (SSSR count). The Hall–Kier alpha value is -3.29. The Balaban J connectivity index is 1.82. The van der Waals surface area contributed by atoms with Crippen molar-refractivity contribution in [3.05, 3.63) is 77.1 Å². The zero-order valence-corrected chi connectivity index (χ0v) is 15.3. The lowest BCUT2D eigenvalue weighted by Gasteiger charge is -2.15. The first-order valence-electron chi connectivity index (χ1n) is 8.67. The predicted molar refractivity (Wildman–Crippen MR) is 100 cm³/mol. The van der Waals surface area contributed by atoms with Gasteiger partial charge in [0, 0.05) is 0 Å². The highest BCUT2D eigenvalue weighted by Gasteiger charge is 2.33. The van der Waals surface area contributed by atoms with Crippen LogP contribution in [-0.2, 0) is 12.6 Å². The maximum Gasteiger partial charge on any atom is 0.418 e. The number of hydrogen-bond donors (Lipinski definition) is 2. The van der Waals surface area contributed by atoms with Crippen molar-refractivity contribution in [3.8, 4) is 5.69 Å². The Morgan fingerprint density at radius 1 is 1.11 bits per heavy atom. The number of hydrazine groups is 1. The second-order valence-corrected chi connectivity index (χ2v) is 6.23. The van der Waals surface area contributed by atoms with Crippen molar-refractivity contribution in [1.82, 2.24) is 15.2 Å². The molecule has 0 aliphatic heterocycles. The molecule has 2 N–H and O–H groups in total. The molecule has 0 spiro atoms. The molecule has 3 aromatic rings. The number of nitrogens with one attached hydrogen (secondary N) is 2. The van der Waals surface area contributed by atoms with Crippen LogP contribution >= 0.6 is 0 Å². The highest BCUT2D eigenvalue weighted by Crippen LogP contribution is 2.34. The van der Waals surface area contributed by atoms with Crippen molar-refractivity contribution in [2.45, 2.75) is 26.4 Å². The van der Waals surface area contributed by atoms with E-state index in [4.69, 9.17) is 0 Å². The quantitative estimate of drug-likeness (QED) is 0.632. The summed E-state index contributed by atoms with van der Waals surface area (Å²) < 4.78 is 40.9. The first kappa shape index (κ1) is 19.5. The summed E-state index contributed by atoms with van der Waals surface area (Å²) in [4.78, 5) is 12.5. The van der Waals surface area contributed by atoms with E-state index in [0.717, 1.165) is 17.3 Å². The topological polar surface area (TPSA) is 59.0 Å². The van der Waals surface area contributed by atoms with E-state index in [2.05, 4.69) is 16.0 Å². The molecule has 146 valence electrons. The van der Waals surface area contributed by atoms with Crippen LogP contribution in [0.25, 0.3) is 5.69 Å². The molecule has 0 fully saturated rings. The molecule has 0 atom stereocenters. The maximum atomic E-state index is 13.1. The number of aryl methyl sites for hydroxylation is 1. The Morgan fingerprint density at radius 2 is 1.79 bits per heavy atom. The predicted octanol–water partition coefficient (Wildman–Crippen LogP) is 4.52. The van der Waals surface area contributed by atoms with Gasteiger partial charge in [0.05, 0.1) is 34.4 Å². The van der Waals surface area contributed by atoms with Gasteiger partial charge in [-0.15, -0.1) is 0 Å². The number of rotatable bonds is 5. The highest BCUT2D eigenvalue weighted by atomic mass is 19.4. The van der Waals surface area contributed by atoms with E-state index < -0.39 is 17.6 Å². The summed E-state index contributed by atoms with van der Waals surface area (Å²) >= 11 is 0. The molecule has 0 saturated carbocycles. The number of carbonyl (C=O) groups is 1. The van der Waals surface area contributed by atoms with Crippen LogP contribution in [0.3, 0.4) is 0 Å². The van der Waals surface area contributed by atoms with Crippen LogP contribution in [0.15, 0.2) is 54.7 Å². The van der Waals surface area contributed by atoms with Crippen molar-refractivity contribution < 1.29 is 18.0 Å². The van der Waals surface area contributed by atoms with Crippen LogP contribution in [0, 0.1) is 6.92 Å². The zero-order valence-electron chi connectivity index (χ0n) is 15.3. The molecule has 28 heavy (non-hydrogen) atoms. The maximum absolute atomic E-state index is 13.1. The molecule has 0 aliphatic rings. The van der Waals surface area contributed by atoms with Gasteiger partial charge in [0.15, 0.2) is 0 Å². The van der Waals surface area contributed by atoms with E-state index >= 15 is 0 Å². The molecule has 1 aromatic heterocycles. The first-order valence-corrected chi connectivity index (χ1v) is 8.67. The van der Waals surface area contributed by atoms with E-state index in [-0.39, 0.29) is 5.69 Å². The fourth-order valence-corrected chi connectivity index (χ4v) is 2.84. The van der Waals surface area contributed by atoms with Gasteiger partial charge in [-0.05, 0) is 37.6 Å². The fraction of sp³-hybridized carbons (Fsp3) is 0.200. The van der Waals surface area contributed by atoms with Gasteiger partial charge in [0.25, 0.3) is 5.91 Å². The molecule has 0 bridgehead atoms. The van der Waals surface area contributed by atoms with Crippen LogP contribution < -0.4 is 10.9 Å². The lowest BCUT2D eigenvalue weighted by atomic mass is 10.1. The van der Waals surface area contributed by atoms with E-state index in [0.29, 0.717) is 17.7 Å². The van der Waals surface area contributed by atoms with Gasteiger partial charge < -0.3 is 0 Å². The number of para-hydroxylation sites is 1. The minimum absolute atomic E-state index is 0.229. The minimum Gasteiger partial charge on any atom is -0.298 e. The number of carbonyl (C=O) groups excluding carboxylic acids is 1. The normalized spacial score (nSPS) is 11.3. The fourth-order valence-electron chi connectivity index (χ4n) is 2.84. The molecular weight excluding hydrogens is 369 g/mol. The molecule has 0 aliphatic carbocycles. The van der Waals surface area contributed by atoms with Crippen LogP contribution in [0.2, 0.25) is 0 Å². The van der Waals surface area contributed by atoms with E-state index in [9.17, 15) is 18.0 Å². The molecule has 0 radical (unpaired) electrons. The molecule has 5 nitrogen and oxygen atoms in total. The van der Waals surface area contributed by atoms with Crippen LogP contribution in [0.4, 0.5) is 18.9 Å². The molecular formula is C20H19F3N4O. The number of alkyl halides is 3. The number of halogens is 3. The Morgan fingerprint density at radius 3 is 2.43 bits per heavy atom. The summed E-state index contributed by atoms with van der Waals surface area (Å²) in [5.41, 5.74) is 6.46. The number of anilines is 1. The molecule has 1 heterocycles. The summed E-state index contributed by atoms with van der Waals surface area (Å²) in [6.45, 7) is 3.85. The van der Waals surface area contributed by atoms with Crippen molar-refractivity contribution in [3.63, 3.8) is 0 Å². The van der Waals surface area contributed by atoms with Crippen LogP contribution in [0.5, 0.6) is 0 Å². The Bertz CT molecular complexity index is 978. The number of hydrogen-bond acceptors (Lipinski definition) is 3. The van der Waals surface area contributed by atoms with Gasteiger partial charge in [0.1, 0.15) is 0 Å². The number of nitrogens with zero attached hydrogens (tertiary/aromatic N) is 2. The average molecular weight is 388 g/mol. The van der Waals surface area contributed by atoms with Gasteiger partial charge in [-0.2, -0.15) is 18.3 Å². The smallest absolute Gasteiger partial charge is 0.298 e.